The van der Waals surface area contributed by atoms with Gasteiger partial charge in [-0.25, -0.2) is 0 Å². The minimum atomic E-state index is -0.532. The van der Waals surface area contributed by atoms with Gasteiger partial charge in [0.1, 0.15) is 5.75 Å². The molecule has 5 aliphatic rings. The summed E-state index contributed by atoms with van der Waals surface area (Å²) < 4.78 is 5.52. The topological polar surface area (TPSA) is 96.5 Å². The minimum Gasteiger partial charge on any atom is -0.479 e. The zero-order valence-corrected chi connectivity index (χ0v) is 17.3. The number of anilines is 2. The maximum absolute atomic E-state index is 13.0. The van der Waals surface area contributed by atoms with Crippen molar-refractivity contribution in [3.8, 4) is 5.75 Å². The van der Waals surface area contributed by atoms with E-state index in [-0.39, 0.29) is 29.6 Å². The van der Waals surface area contributed by atoms with Gasteiger partial charge in [-0.2, -0.15) is 0 Å². The van der Waals surface area contributed by atoms with Crippen LogP contribution in [-0.2, 0) is 14.4 Å². The Kier molecular flexibility index (Phi) is 4.71. The maximum Gasteiger partial charge on any atom is 0.265 e. The van der Waals surface area contributed by atoms with Crippen molar-refractivity contribution >= 4 is 29.1 Å². The summed E-state index contributed by atoms with van der Waals surface area (Å²) >= 11 is 0. The summed E-state index contributed by atoms with van der Waals surface area (Å²) in [7, 11) is 0. The van der Waals surface area contributed by atoms with E-state index >= 15 is 0 Å². The molecule has 4 saturated carbocycles. The number of fused-ring (bicyclic) bond motifs is 1. The largest absolute Gasteiger partial charge is 0.479 e. The lowest BCUT2D eigenvalue weighted by molar-refractivity contribution is -0.146. The number of carbonyl (C=O) groups is 3. The van der Waals surface area contributed by atoms with Gasteiger partial charge < -0.3 is 20.7 Å². The molecule has 1 atom stereocenters. The molecule has 0 unspecified atom stereocenters. The van der Waals surface area contributed by atoms with Crippen LogP contribution in [-0.4, -0.2) is 30.4 Å². The molecule has 0 saturated heterocycles. The standard InChI is InChI=1S/C23H29N3O4/c1-13-21(28)26-18-9-17(2-3-19(18)30-13)25-20(27)4-5-24-22(29)23-10-14-6-15(11-23)8-16(7-14)12-23/h2-3,9,13-16H,4-8,10-12H2,1H3,(H,24,29)(H,25,27)(H,26,28)/t13-,14?,15?,16?,23?/m0/s1. The molecule has 160 valence electrons. The van der Waals surface area contributed by atoms with Gasteiger partial charge in [0.25, 0.3) is 5.91 Å². The first kappa shape index (κ1) is 19.4. The summed E-state index contributed by atoms with van der Waals surface area (Å²) in [6, 6.07) is 5.16. The van der Waals surface area contributed by atoms with E-state index in [0.717, 1.165) is 37.0 Å². The molecule has 7 heteroatoms. The summed E-state index contributed by atoms with van der Waals surface area (Å²) in [5.74, 6) is 2.53. The maximum atomic E-state index is 13.0. The summed E-state index contributed by atoms with van der Waals surface area (Å²) in [4.78, 5) is 37.1. The quantitative estimate of drug-likeness (QED) is 0.694. The van der Waals surface area contributed by atoms with Gasteiger partial charge >= 0.3 is 0 Å². The van der Waals surface area contributed by atoms with E-state index < -0.39 is 6.10 Å². The number of amides is 3. The van der Waals surface area contributed by atoms with Gasteiger partial charge in [0.05, 0.1) is 5.69 Å². The van der Waals surface area contributed by atoms with Crippen LogP contribution in [0, 0.1) is 23.2 Å². The first-order valence-corrected chi connectivity index (χ1v) is 11.1. The molecule has 6 rings (SSSR count). The fraction of sp³-hybridized carbons (Fsp3) is 0.609. The van der Waals surface area contributed by atoms with Crippen molar-refractivity contribution in [3.63, 3.8) is 0 Å². The zero-order valence-electron chi connectivity index (χ0n) is 17.3. The molecule has 4 aliphatic carbocycles. The Hall–Kier alpha value is -2.57. The van der Waals surface area contributed by atoms with Crippen molar-refractivity contribution < 1.29 is 19.1 Å². The van der Waals surface area contributed by atoms with Crippen molar-refractivity contribution in [1.82, 2.24) is 5.32 Å². The molecule has 4 bridgehead atoms. The van der Waals surface area contributed by atoms with Gasteiger partial charge in [-0.3, -0.25) is 14.4 Å². The monoisotopic (exact) mass is 411 g/mol. The average Bonchev–Trinajstić information content (AvgIpc) is 2.68. The van der Waals surface area contributed by atoms with Gasteiger partial charge in [0.15, 0.2) is 6.10 Å². The normalized spacial score (nSPS) is 33.3. The van der Waals surface area contributed by atoms with Crippen molar-refractivity contribution in [3.05, 3.63) is 18.2 Å². The molecule has 0 spiro atoms. The van der Waals surface area contributed by atoms with E-state index in [4.69, 9.17) is 4.74 Å². The molecule has 0 radical (unpaired) electrons. The predicted molar refractivity (Wildman–Crippen MR) is 112 cm³/mol. The van der Waals surface area contributed by atoms with E-state index in [1.807, 2.05) is 0 Å². The summed E-state index contributed by atoms with van der Waals surface area (Å²) in [5, 5.41) is 8.64. The summed E-state index contributed by atoms with van der Waals surface area (Å²) in [5.41, 5.74) is 0.953. The van der Waals surface area contributed by atoms with E-state index in [0.29, 0.717) is 23.7 Å². The highest BCUT2D eigenvalue weighted by molar-refractivity contribution is 5.99. The fourth-order valence-corrected chi connectivity index (χ4v) is 6.38. The lowest BCUT2D eigenvalue weighted by atomic mass is 9.49. The third kappa shape index (κ3) is 3.55. The molecular formula is C23H29N3O4. The average molecular weight is 412 g/mol. The number of hydrogen-bond donors (Lipinski definition) is 3. The van der Waals surface area contributed by atoms with Crippen LogP contribution in [0.15, 0.2) is 18.2 Å². The van der Waals surface area contributed by atoms with Gasteiger partial charge in [-0.1, -0.05) is 0 Å². The molecule has 1 aromatic carbocycles. The van der Waals surface area contributed by atoms with Crippen LogP contribution in [0.4, 0.5) is 11.4 Å². The Morgan fingerprint density at radius 3 is 2.47 bits per heavy atom. The van der Waals surface area contributed by atoms with E-state index in [2.05, 4.69) is 16.0 Å². The van der Waals surface area contributed by atoms with Crippen LogP contribution in [0.3, 0.4) is 0 Å². The number of nitrogens with one attached hydrogen (secondary N) is 3. The van der Waals surface area contributed by atoms with Crippen LogP contribution in [0.1, 0.15) is 51.9 Å². The number of benzene rings is 1. The van der Waals surface area contributed by atoms with Crippen LogP contribution in [0.2, 0.25) is 0 Å². The Morgan fingerprint density at radius 2 is 1.80 bits per heavy atom. The molecule has 1 aromatic rings. The summed E-state index contributed by atoms with van der Waals surface area (Å²) in [6.07, 6.45) is 6.68. The van der Waals surface area contributed by atoms with Crippen molar-refractivity contribution in [2.75, 3.05) is 17.2 Å². The minimum absolute atomic E-state index is 0.150. The highest BCUT2D eigenvalue weighted by Gasteiger charge is 2.54. The molecule has 4 fully saturated rings. The third-order valence-electron chi connectivity index (χ3n) is 7.35. The highest BCUT2D eigenvalue weighted by Crippen LogP contribution is 2.60. The lowest BCUT2D eigenvalue weighted by Crippen LogP contribution is -2.53. The van der Waals surface area contributed by atoms with Gasteiger partial charge in [-0.15, -0.1) is 0 Å². The van der Waals surface area contributed by atoms with E-state index in [1.54, 1.807) is 25.1 Å². The van der Waals surface area contributed by atoms with E-state index in [1.165, 1.54) is 19.3 Å². The molecule has 1 aliphatic heterocycles. The van der Waals surface area contributed by atoms with Crippen molar-refractivity contribution in [2.45, 2.75) is 58.0 Å². The number of carbonyl (C=O) groups excluding carboxylic acids is 3. The number of ether oxygens (including phenoxy) is 1. The van der Waals surface area contributed by atoms with Gasteiger partial charge in [0.2, 0.25) is 11.8 Å². The predicted octanol–water partition coefficient (Wildman–Crippen LogP) is 3.07. The Labute approximate surface area is 176 Å². The second kappa shape index (κ2) is 7.29. The van der Waals surface area contributed by atoms with Gasteiger partial charge in [-0.05, 0) is 81.4 Å². The Balaban J connectivity index is 1.13. The molecular weight excluding hydrogens is 382 g/mol. The number of hydrogen-bond acceptors (Lipinski definition) is 4. The second-order valence-electron chi connectivity index (χ2n) is 9.71. The Morgan fingerprint density at radius 1 is 1.13 bits per heavy atom. The number of rotatable bonds is 5. The SMILES string of the molecule is C[C@@H]1Oc2ccc(NC(=O)CCNC(=O)C34CC5CC(CC(C5)C3)C4)cc2NC1=O. The van der Waals surface area contributed by atoms with Crippen LogP contribution >= 0.6 is 0 Å². The van der Waals surface area contributed by atoms with Crippen molar-refractivity contribution in [1.29, 1.82) is 0 Å². The third-order valence-corrected chi connectivity index (χ3v) is 7.35. The molecule has 3 amide bonds. The first-order valence-electron chi connectivity index (χ1n) is 11.1. The molecule has 3 N–H and O–H groups in total. The fourth-order valence-electron chi connectivity index (χ4n) is 6.38. The Bertz CT molecular complexity index is 861. The first-order chi connectivity index (χ1) is 14.4. The molecule has 7 nitrogen and oxygen atoms in total. The molecule has 1 heterocycles. The molecule has 30 heavy (non-hydrogen) atoms. The zero-order chi connectivity index (χ0) is 20.9. The van der Waals surface area contributed by atoms with Crippen LogP contribution in [0.5, 0.6) is 5.75 Å². The van der Waals surface area contributed by atoms with Crippen molar-refractivity contribution in [2.24, 2.45) is 23.2 Å². The highest BCUT2D eigenvalue weighted by atomic mass is 16.5. The van der Waals surface area contributed by atoms with Crippen LogP contribution in [0.25, 0.3) is 0 Å². The lowest BCUT2D eigenvalue weighted by Gasteiger charge is -2.55. The smallest absolute Gasteiger partial charge is 0.265 e. The second-order valence-corrected chi connectivity index (χ2v) is 9.71. The summed E-state index contributed by atoms with van der Waals surface area (Å²) in [6.45, 7) is 2.03. The van der Waals surface area contributed by atoms with E-state index in [9.17, 15) is 14.4 Å². The van der Waals surface area contributed by atoms with Gasteiger partial charge in [0, 0.05) is 24.1 Å². The van der Waals surface area contributed by atoms with Crippen LogP contribution < -0.4 is 20.7 Å². The molecule has 0 aromatic heterocycles.